The van der Waals surface area contributed by atoms with E-state index in [0.29, 0.717) is 19.8 Å². The van der Waals surface area contributed by atoms with Gasteiger partial charge in [0.2, 0.25) is 5.91 Å². The van der Waals surface area contributed by atoms with Crippen LogP contribution in [0.2, 0.25) is 0 Å². The van der Waals surface area contributed by atoms with Crippen LogP contribution in [0.5, 0.6) is 0 Å². The molecule has 2 rings (SSSR count). The van der Waals surface area contributed by atoms with Crippen molar-refractivity contribution in [3.05, 3.63) is 28.3 Å². The largest absolute Gasteiger partial charge is 0.378 e. The number of nitro benzene ring substituents is 1. The van der Waals surface area contributed by atoms with Gasteiger partial charge < -0.3 is 20.7 Å². The molecule has 1 saturated heterocycles. The molecular formula is C14H20N4O6S. The summed E-state index contributed by atoms with van der Waals surface area (Å²) < 4.78 is 28.2. The minimum absolute atomic E-state index is 0.124. The third-order valence-corrected chi connectivity index (χ3v) is 4.68. The second-order valence-corrected chi connectivity index (χ2v) is 7.52. The molecule has 1 amide bonds. The highest BCUT2D eigenvalue weighted by molar-refractivity contribution is 7.90. The Bertz CT molecular complexity index is 746. The second kappa shape index (κ2) is 8.23. The van der Waals surface area contributed by atoms with Crippen LogP contribution in [-0.4, -0.2) is 64.4 Å². The van der Waals surface area contributed by atoms with Gasteiger partial charge in [-0.15, -0.1) is 0 Å². The summed E-state index contributed by atoms with van der Waals surface area (Å²) in [5.74, 6) is -0.205. The van der Waals surface area contributed by atoms with E-state index in [2.05, 4.69) is 16.0 Å². The Hall–Kier alpha value is -2.24. The molecule has 0 bridgehead atoms. The first kappa shape index (κ1) is 19.1. The Morgan fingerprint density at radius 2 is 2.20 bits per heavy atom. The lowest BCUT2D eigenvalue weighted by molar-refractivity contribution is -0.384. The summed E-state index contributed by atoms with van der Waals surface area (Å²) in [4.78, 5) is 22.2. The lowest BCUT2D eigenvalue weighted by atomic mass is 10.2. The van der Waals surface area contributed by atoms with Gasteiger partial charge in [0.1, 0.15) is 11.7 Å². The van der Waals surface area contributed by atoms with E-state index >= 15 is 0 Å². The van der Waals surface area contributed by atoms with Gasteiger partial charge in [-0.05, 0) is 12.1 Å². The summed E-state index contributed by atoms with van der Waals surface area (Å²) in [6, 6.07) is 3.25. The molecular weight excluding hydrogens is 352 g/mol. The van der Waals surface area contributed by atoms with Crippen LogP contribution in [0.15, 0.2) is 23.1 Å². The topological polar surface area (TPSA) is 140 Å². The van der Waals surface area contributed by atoms with Crippen molar-refractivity contribution in [1.82, 2.24) is 10.6 Å². The molecule has 0 aromatic heterocycles. The number of carbonyl (C=O) groups excluding carboxylic acids is 1. The molecule has 1 heterocycles. The molecule has 0 spiro atoms. The van der Waals surface area contributed by atoms with Crippen LogP contribution in [0.4, 0.5) is 11.4 Å². The number of nitrogens with zero attached hydrogens (tertiary/aromatic N) is 1. The Kier molecular flexibility index (Phi) is 6.28. The maximum atomic E-state index is 11.9. The number of sulfone groups is 1. The molecule has 11 heteroatoms. The van der Waals surface area contributed by atoms with Crippen LogP contribution in [0.3, 0.4) is 0 Å². The highest BCUT2D eigenvalue weighted by atomic mass is 32.2. The highest BCUT2D eigenvalue weighted by Gasteiger charge is 2.21. The van der Waals surface area contributed by atoms with Gasteiger partial charge in [0.25, 0.3) is 5.69 Å². The van der Waals surface area contributed by atoms with E-state index in [4.69, 9.17) is 4.74 Å². The predicted molar refractivity (Wildman–Crippen MR) is 90.3 cm³/mol. The molecule has 1 atom stereocenters. The molecule has 1 unspecified atom stereocenters. The first-order valence-electron chi connectivity index (χ1n) is 7.60. The Morgan fingerprint density at radius 3 is 2.80 bits per heavy atom. The van der Waals surface area contributed by atoms with Crippen LogP contribution in [0, 0.1) is 10.1 Å². The number of nitrogens with one attached hydrogen (secondary N) is 3. The van der Waals surface area contributed by atoms with Crippen molar-refractivity contribution in [1.29, 1.82) is 0 Å². The predicted octanol–water partition coefficient (Wildman–Crippen LogP) is -0.485. The van der Waals surface area contributed by atoms with Gasteiger partial charge in [-0.3, -0.25) is 14.9 Å². The third kappa shape index (κ3) is 5.37. The number of amides is 1. The normalized spacial score (nSPS) is 17.7. The number of nitro groups is 1. The number of hydrogen-bond donors (Lipinski definition) is 3. The Labute approximate surface area is 145 Å². The number of carbonyl (C=O) groups is 1. The number of benzene rings is 1. The number of morpholine rings is 1. The summed E-state index contributed by atoms with van der Waals surface area (Å²) in [5, 5.41) is 19.7. The minimum atomic E-state index is -3.53. The Morgan fingerprint density at radius 1 is 1.44 bits per heavy atom. The maximum absolute atomic E-state index is 11.9. The molecule has 0 radical (unpaired) electrons. The van der Waals surface area contributed by atoms with E-state index < -0.39 is 20.8 Å². The standard InChI is InChI=1S/C14H20N4O6S/c1-25(22,23)10-2-3-11(13(8-10)18(20)21)15-4-5-17-14(19)12-9-24-7-6-16-12/h2-3,8,12,15-16H,4-7,9H2,1H3,(H,17,19). The van der Waals surface area contributed by atoms with E-state index in [-0.39, 0.29) is 35.3 Å². The molecule has 1 aromatic carbocycles. The fourth-order valence-corrected chi connectivity index (χ4v) is 2.92. The molecule has 1 fully saturated rings. The fraction of sp³-hybridized carbons (Fsp3) is 0.500. The Balaban J connectivity index is 1.91. The number of anilines is 1. The lowest BCUT2D eigenvalue weighted by Gasteiger charge is -2.22. The van der Waals surface area contributed by atoms with Crippen molar-refractivity contribution in [3.8, 4) is 0 Å². The molecule has 0 saturated carbocycles. The lowest BCUT2D eigenvalue weighted by Crippen LogP contribution is -2.51. The van der Waals surface area contributed by atoms with Gasteiger partial charge in [-0.25, -0.2) is 8.42 Å². The monoisotopic (exact) mass is 372 g/mol. The van der Waals surface area contributed by atoms with E-state index in [1.165, 1.54) is 12.1 Å². The van der Waals surface area contributed by atoms with Crippen LogP contribution in [-0.2, 0) is 19.4 Å². The zero-order valence-electron chi connectivity index (χ0n) is 13.6. The van der Waals surface area contributed by atoms with Gasteiger partial charge in [0.15, 0.2) is 9.84 Å². The quantitative estimate of drug-likeness (QED) is 0.331. The summed E-state index contributed by atoms with van der Waals surface area (Å²) in [6.07, 6.45) is 0.984. The smallest absolute Gasteiger partial charge is 0.293 e. The molecule has 138 valence electrons. The zero-order valence-corrected chi connectivity index (χ0v) is 14.5. The molecule has 10 nitrogen and oxygen atoms in total. The summed E-state index contributed by atoms with van der Waals surface area (Å²) in [7, 11) is -3.53. The van der Waals surface area contributed by atoms with Gasteiger partial charge in [-0.2, -0.15) is 0 Å². The average Bonchev–Trinajstić information content (AvgIpc) is 2.58. The van der Waals surface area contributed by atoms with Crippen LogP contribution in [0.25, 0.3) is 0 Å². The van der Waals surface area contributed by atoms with Crippen LogP contribution in [0.1, 0.15) is 0 Å². The van der Waals surface area contributed by atoms with Crippen LogP contribution >= 0.6 is 0 Å². The van der Waals surface area contributed by atoms with Gasteiger partial charge in [-0.1, -0.05) is 0 Å². The fourth-order valence-electron chi connectivity index (χ4n) is 2.28. The number of rotatable bonds is 7. The van der Waals surface area contributed by atoms with E-state index in [1.54, 1.807) is 0 Å². The van der Waals surface area contributed by atoms with Gasteiger partial charge in [0.05, 0.1) is 23.0 Å². The number of ether oxygens (including phenoxy) is 1. The first-order valence-corrected chi connectivity index (χ1v) is 9.49. The van der Waals surface area contributed by atoms with Crippen molar-refractivity contribution in [3.63, 3.8) is 0 Å². The average molecular weight is 372 g/mol. The van der Waals surface area contributed by atoms with Crippen molar-refractivity contribution in [2.45, 2.75) is 10.9 Å². The summed E-state index contributed by atoms with van der Waals surface area (Å²) >= 11 is 0. The van der Waals surface area contributed by atoms with E-state index in [0.717, 1.165) is 12.3 Å². The van der Waals surface area contributed by atoms with E-state index in [9.17, 15) is 23.3 Å². The third-order valence-electron chi connectivity index (χ3n) is 3.57. The molecule has 1 aliphatic rings. The van der Waals surface area contributed by atoms with Gasteiger partial charge in [0, 0.05) is 32.0 Å². The zero-order chi connectivity index (χ0) is 18.4. The molecule has 0 aliphatic carbocycles. The second-order valence-electron chi connectivity index (χ2n) is 5.51. The van der Waals surface area contributed by atoms with Crippen LogP contribution < -0.4 is 16.0 Å². The first-order chi connectivity index (χ1) is 11.8. The number of hydrogen-bond acceptors (Lipinski definition) is 8. The van der Waals surface area contributed by atoms with Crippen molar-refractivity contribution < 1.29 is 22.9 Å². The maximum Gasteiger partial charge on any atom is 0.293 e. The molecule has 25 heavy (non-hydrogen) atoms. The van der Waals surface area contributed by atoms with E-state index in [1.807, 2.05) is 0 Å². The summed E-state index contributed by atoms with van der Waals surface area (Å²) in [5.41, 5.74) is -0.151. The molecule has 3 N–H and O–H groups in total. The SMILES string of the molecule is CS(=O)(=O)c1ccc(NCCNC(=O)C2COCCN2)c([N+](=O)[O-])c1. The molecule has 1 aliphatic heterocycles. The van der Waals surface area contributed by atoms with Crippen molar-refractivity contribution in [2.24, 2.45) is 0 Å². The summed E-state index contributed by atoms with van der Waals surface area (Å²) in [6.45, 7) is 1.98. The minimum Gasteiger partial charge on any atom is -0.378 e. The van der Waals surface area contributed by atoms with Crippen molar-refractivity contribution in [2.75, 3.05) is 44.4 Å². The highest BCUT2D eigenvalue weighted by Crippen LogP contribution is 2.27. The molecule has 1 aromatic rings. The van der Waals surface area contributed by atoms with Gasteiger partial charge >= 0.3 is 0 Å². The van der Waals surface area contributed by atoms with Crippen molar-refractivity contribution >= 4 is 27.1 Å².